The predicted molar refractivity (Wildman–Crippen MR) is 65.8 cm³/mol. The molecule has 0 N–H and O–H groups in total. The van der Waals surface area contributed by atoms with Crippen LogP contribution < -0.4 is 0 Å². The Morgan fingerprint density at radius 2 is 2.41 bits per heavy atom. The number of pyridine rings is 1. The summed E-state index contributed by atoms with van der Waals surface area (Å²) in [6.45, 7) is 2.81. The number of aromatic nitrogens is 2. The number of carbonyl (C=O) groups excluding carboxylic acids is 1. The summed E-state index contributed by atoms with van der Waals surface area (Å²) in [5, 5.41) is 0.975. The van der Waals surface area contributed by atoms with E-state index in [-0.39, 0.29) is 0 Å². The van der Waals surface area contributed by atoms with Gasteiger partial charge in [0, 0.05) is 24.4 Å². The monoisotopic (exact) mass is 248 g/mol. The maximum atomic E-state index is 10.0. The van der Waals surface area contributed by atoms with Crippen LogP contribution in [-0.4, -0.2) is 23.0 Å². The Morgan fingerprint density at radius 3 is 3.12 bits per heavy atom. The molecular weight excluding hydrogens is 236 g/mol. The van der Waals surface area contributed by atoms with E-state index in [9.17, 15) is 4.79 Å². The van der Waals surface area contributed by atoms with Gasteiger partial charge in [0.25, 0.3) is 6.47 Å². The van der Waals surface area contributed by atoms with Crippen LogP contribution in [0, 0.1) is 6.92 Å². The van der Waals surface area contributed by atoms with Gasteiger partial charge in [-0.15, -0.1) is 11.3 Å². The number of hydrogen-bond acceptors (Lipinski definition) is 5. The molecule has 0 spiro atoms. The second-order valence-electron chi connectivity index (χ2n) is 3.48. The van der Waals surface area contributed by atoms with Crippen molar-refractivity contribution in [3.8, 4) is 10.4 Å². The predicted octanol–water partition coefficient (Wildman–Crippen LogP) is 2.23. The quantitative estimate of drug-likeness (QED) is 0.601. The molecule has 2 aromatic heterocycles. The number of nitrogens with zero attached hydrogens (tertiary/aromatic N) is 2. The molecule has 0 aliphatic heterocycles. The Labute approximate surface area is 103 Å². The van der Waals surface area contributed by atoms with E-state index >= 15 is 0 Å². The van der Waals surface area contributed by atoms with E-state index in [0.29, 0.717) is 19.5 Å². The van der Waals surface area contributed by atoms with Crippen molar-refractivity contribution in [2.45, 2.75) is 13.3 Å². The van der Waals surface area contributed by atoms with E-state index in [4.69, 9.17) is 0 Å². The maximum Gasteiger partial charge on any atom is 0.293 e. The first-order chi connectivity index (χ1) is 8.31. The van der Waals surface area contributed by atoms with Gasteiger partial charge in [0.05, 0.1) is 22.2 Å². The minimum absolute atomic E-state index is 0.378. The summed E-state index contributed by atoms with van der Waals surface area (Å²) in [7, 11) is 0. The molecule has 0 saturated heterocycles. The molecule has 0 unspecified atom stereocenters. The van der Waals surface area contributed by atoms with Crippen LogP contribution in [-0.2, 0) is 16.0 Å². The molecule has 2 heterocycles. The summed E-state index contributed by atoms with van der Waals surface area (Å²) in [6, 6.07) is 3.92. The van der Waals surface area contributed by atoms with Gasteiger partial charge in [-0.1, -0.05) is 6.07 Å². The van der Waals surface area contributed by atoms with Crippen molar-refractivity contribution in [3.63, 3.8) is 0 Å². The highest BCUT2D eigenvalue weighted by Gasteiger charge is 2.09. The van der Waals surface area contributed by atoms with E-state index in [1.54, 1.807) is 17.5 Å². The summed E-state index contributed by atoms with van der Waals surface area (Å²) < 4.78 is 4.67. The highest BCUT2D eigenvalue weighted by Crippen LogP contribution is 2.29. The second kappa shape index (κ2) is 5.54. The van der Waals surface area contributed by atoms with Crippen molar-refractivity contribution in [3.05, 3.63) is 35.2 Å². The van der Waals surface area contributed by atoms with Gasteiger partial charge < -0.3 is 4.74 Å². The maximum absolute atomic E-state index is 10.0. The summed E-state index contributed by atoms with van der Waals surface area (Å²) in [5.74, 6) is 0. The topological polar surface area (TPSA) is 52.1 Å². The van der Waals surface area contributed by atoms with Gasteiger partial charge in [0.15, 0.2) is 0 Å². The highest BCUT2D eigenvalue weighted by atomic mass is 32.1. The summed E-state index contributed by atoms with van der Waals surface area (Å²) in [5.41, 5.74) is 2.06. The van der Waals surface area contributed by atoms with E-state index < -0.39 is 0 Å². The summed E-state index contributed by atoms with van der Waals surface area (Å²) in [4.78, 5) is 19.7. The van der Waals surface area contributed by atoms with Crippen LogP contribution in [0.15, 0.2) is 24.5 Å². The van der Waals surface area contributed by atoms with Crippen LogP contribution in [0.25, 0.3) is 10.4 Å². The zero-order chi connectivity index (χ0) is 12.1. The van der Waals surface area contributed by atoms with Gasteiger partial charge in [0.1, 0.15) is 0 Å². The van der Waals surface area contributed by atoms with Crippen molar-refractivity contribution in [2.24, 2.45) is 0 Å². The number of aryl methyl sites for hydroxylation is 1. The Hall–Kier alpha value is -1.75. The molecule has 17 heavy (non-hydrogen) atoms. The smallest absolute Gasteiger partial charge is 0.293 e. The molecule has 2 aromatic rings. The van der Waals surface area contributed by atoms with Crippen LogP contribution in [0.4, 0.5) is 0 Å². The first-order valence-electron chi connectivity index (χ1n) is 5.23. The van der Waals surface area contributed by atoms with E-state index in [0.717, 1.165) is 21.1 Å². The lowest BCUT2D eigenvalue weighted by atomic mass is 10.2. The minimum Gasteiger partial charge on any atom is -0.467 e. The lowest BCUT2D eigenvalue weighted by molar-refractivity contribution is -0.128. The molecule has 0 radical (unpaired) electrons. The highest BCUT2D eigenvalue weighted by molar-refractivity contribution is 7.15. The van der Waals surface area contributed by atoms with Gasteiger partial charge in [-0.2, -0.15) is 0 Å². The Kier molecular flexibility index (Phi) is 3.82. The third kappa shape index (κ3) is 2.88. The molecular formula is C12H12N2O2S. The average Bonchev–Trinajstić information content (AvgIpc) is 2.72. The summed E-state index contributed by atoms with van der Waals surface area (Å²) >= 11 is 1.62. The molecule has 0 aromatic carbocycles. The van der Waals surface area contributed by atoms with Gasteiger partial charge in [-0.25, -0.2) is 4.98 Å². The number of rotatable bonds is 5. The third-order valence-corrected chi connectivity index (χ3v) is 3.53. The van der Waals surface area contributed by atoms with E-state index in [1.165, 1.54) is 0 Å². The van der Waals surface area contributed by atoms with Crippen LogP contribution in [0.5, 0.6) is 0 Å². The summed E-state index contributed by atoms with van der Waals surface area (Å²) in [6.07, 6.45) is 4.23. The van der Waals surface area contributed by atoms with Gasteiger partial charge >= 0.3 is 0 Å². The SMILES string of the molecule is Cc1nc(CCOC=O)sc1-c1cccnc1. The molecule has 0 aliphatic carbocycles. The Bertz CT molecular complexity index is 496. The van der Waals surface area contributed by atoms with Crippen molar-refractivity contribution in [2.75, 3.05) is 6.61 Å². The average molecular weight is 248 g/mol. The fourth-order valence-corrected chi connectivity index (χ4v) is 2.55. The largest absolute Gasteiger partial charge is 0.467 e. The molecule has 0 saturated carbocycles. The molecule has 0 atom stereocenters. The van der Waals surface area contributed by atoms with Crippen molar-refractivity contribution in [1.82, 2.24) is 9.97 Å². The number of hydrogen-bond donors (Lipinski definition) is 0. The first-order valence-corrected chi connectivity index (χ1v) is 6.05. The van der Waals surface area contributed by atoms with Crippen LogP contribution in [0.1, 0.15) is 10.7 Å². The lowest BCUT2D eigenvalue weighted by Gasteiger charge is -1.95. The first kappa shape index (κ1) is 11.7. The van der Waals surface area contributed by atoms with Gasteiger partial charge in [0.2, 0.25) is 0 Å². The van der Waals surface area contributed by atoms with Crippen LogP contribution in [0.3, 0.4) is 0 Å². The van der Waals surface area contributed by atoms with Crippen molar-refractivity contribution >= 4 is 17.8 Å². The lowest BCUT2D eigenvalue weighted by Crippen LogP contribution is -1.95. The fourth-order valence-electron chi connectivity index (χ4n) is 1.52. The Morgan fingerprint density at radius 1 is 1.53 bits per heavy atom. The van der Waals surface area contributed by atoms with E-state index in [2.05, 4.69) is 14.7 Å². The normalized spacial score (nSPS) is 10.2. The van der Waals surface area contributed by atoms with Gasteiger partial charge in [-0.3, -0.25) is 9.78 Å². The second-order valence-corrected chi connectivity index (χ2v) is 4.56. The van der Waals surface area contributed by atoms with Gasteiger partial charge in [-0.05, 0) is 13.0 Å². The Balaban J connectivity index is 2.16. The zero-order valence-electron chi connectivity index (χ0n) is 9.42. The van der Waals surface area contributed by atoms with Crippen LogP contribution in [0.2, 0.25) is 0 Å². The minimum atomic E-state index is 0.378. The number of thiazole rings is 1. The molecule has 0 bridgehead atoms. The number of carbonyl (C=O) groups is 1. The third-order valence-electron chi connectivity index (χ3n) is 2.27. The number of ether oxygens (including phenoxy) is 1. The molecule has 4 nitrogen and oxygen atoms in total. The van der Waals surface area contributed by atoms with Crippen molar-refractivity contribution in [1.29, 1.82) is 0 Å². The standard InChI is InChI=1S/C12H12N2O2S/c1-9-12(10-3-2-5-13-7-10)17-11(14-9)4-6-16-8-15/h2-3,5,7-8H,4,6H2,1H3. The fraction of sp³-hybridized carbons (Fsp3) is 0.250. The molecule has 5 heteroatoms. The van der Waals surface area contributed by atoms with Crippen LogP contribution >= 0.6 is 11.3 Å². The zero-order valence-corrected chi connectivity index (χ0v) is 10.2. The molecule has 2 rings (SSSR count). The molecule has 0 amide bonds. The van der Waals surface area contributed by atoms with E-state index in [1.807, 2.05) is 25.3 Å². The van der Waals surface area contributed by atoms with Crippen molar-refractivity contribution < 1.29 is 9.53 Å². The molecule has 0 aliphatic rings. The molecule has 0 fully saturated rings. The molecule has 88 valence electrons.